The van der Waals surface area contributed by atoms with Crippen molar-refractivity contribution < 1.29 is 9.72 Å². The predicted octanol–water partition coefficient (Wildman–Crippen LogP) is 2.86. The molecule has 1 aliphatic rings. The number of fused-ring (bicyclic) bond motifs is 1. The number of carbonyl (C=O) groups is 1. The number of carbonyl (C=O) groups excluding carboxylic acids is 1. The van der Waals surface area contributed by atoms with Crippen molar-refractivity contribution >= 4 is 28.2 Å². The Morgan fingerprint density at radius 3 is 2.17 bits per heavy atom. The quantitative estimate of drug-likeness (QED) is 0.350. The molecule has 2 heterocycles. The molecule has 0 unspecified atom stereocenters. The third-order valence-electron chi connectivity index (χ3n) is 6.43. The molecule has 5 rings (SSSR count). The predicted molar refractivity (Wildman–Crippen MR) is 136 cm³/mol. The van der Waals surface area contributed by atoms with Gasteiger partial charge in [0.05, 0.1) is 21.5 Å². The minimum absolute atomic E-state index is 0.0348. The van der Waals surface area contributed by atoms with E-state index in [9.17, 15) is 24.5 Å². The zero-order valence-electron chi connectivity index (χ0n) is 19.5. The van der Waals surface area contributed by atoms with Crippen molar-refractivity contribution in [3.05, 3.63) is 109 Å². The lowest BCUT2D eigenvalue weighted by atomic mass is 10.1. The molecule has 0 atom stereocenters. The van der Waals surface area contributed by atoms with E-state index in [1.54, 1.807) is 47.4 Å². The topological polar surface area (TPSA) is 122 Å². The molecule has 1 N–H and O–H groups in total. The van der Waals surface area contributed by atoms with Crippen LogP contribution in [0.5, 0.6) is 0 Å². The maximum Gasteiger partial charge on any atom is 0.333 e. The fraction of sp³-hybridized carbons (Fsp3) is 0.192. The van der Waals surface area contributed by atoms with Crippen molar-refractivity contribution in [2.75, 3.05) is 31.1 Å². The van der Waals surface area contributed by atoms with Crippen LogP contribution in [0.2, 0.25) is 0 Å². The minimum atomic E-state index is -0.572. The summed E-state index contributed by atoms with van der Waals surface area (Å²) in [6.45, 7) is 4.02. The lowest BCUT2D eigenvalue weighted by Crippen LogP contribution is -2.48. The summed E-state index contributed by atoms with van der Waals surface area (Å²) in [6.07, 6.45) is 0. The number of non-ortho nitro benzene ring substituents is 1. The van der Waals surface area contributed by atoms with Crippen LogP contribution in [0, 0.1) is 17.0 Å². The highest BCUT2D eigenvalue weighted by Gasteiger charge is 2.23. The highest BCUT2D eigenvalue weighted by molar-refractivity contribution is 5.97. The first-order chi connectivity index (χ1) is 17.3. The van der Waals surface area contributed by atoms with Gasteiger partial charge < -0.3 is 14.8 Å². The first-order valence-electron chi connectivity index (χ1n) is 11.5. The van der Waals surface area contributed by atoms with Crippen molar-refractivity contribution in [1.82, 2.24) is 14.5 Å². The fourth-order valence-electron chi connectivity index (χ4n) is 4.41. The number of H-pyrrole nitrogens is 1. The minimum Gasteiger partial charge on any atom is -0.368 e. The Hall–Kier alpha value is -4.73. The summed E-state index contributed by atoms with van der Waals surface area (Å²) in [4.78, 5) is 55.9. The molecule has 3 aromatic carbocycles. The number of piperazine rings is 1. The van der Waals surface area contributed by atoms with Gasteiger partial charge in [-0.2, -0.15) is 0 Å². The lowest BCUT2D eigenvalue weighted by Gasteiger charge is -2.36. The zero-order chi connectivity index (χ0) is 25.4. The van der Waals surface area contributed by atoms with Crippen LogP contribution in [0.3, 0.4) is 0 Å². The number of aryl methyl sites for hydroxylation is 1. The van der Waals surface area contributed by atoms with Gasteiger partial charge in [-0.3, -0.25) is 19.7 Å². The van der Waals surface area contributed by atoms with E-state index in [2.05, 4.69) is 9.88 Å². The van der Waals surface area contributed by atoms with Crippen LogP contribution in [0.25, 0.3) is 16.6 Å². The molecule has 1 aliphatic heterocycles. The van der Waals surface area contributed by atoms with E-state index >= 15 is 0 Å². The SMILES string of the molecule is Cc1ccc(-n2c(=O)[nH]c3cc(C(=O)N4CCN(c5ccc([N+](=O)[O-])cc5)CC4)ccc3c2=O)cc1. The summed E-state index contributed by atoms with van der Waals surface area (Å²) in [6, 6.07) is 18.2. The molecule has 0 bridgehead atoms. The molecule has 1 amide bonds. The van der Waals surface area contributed by atoms with Gasteiger partial charge in [0.15, 0.2) is 0 Å². The Morgan fingerprint density at radius 1 is 0.889 bits per heavy atom. The smallest absolute Gasteiger partial charge is 0.333 e. The Bertz CT molecular complexity index is 1580. The lowest BCUT2D eigenvalue weighted by molar-refractivity contribution is -0.384. The summed E-state index contributed by atoms with van der Waals surface area (Å²) >= 11 is 0. The average Bonchev–Trinajstić information content (AvgIpc) is 2.89. The van der Waals surface area contributed by atoms with Gasteiger partial charge in [0.25, 0.3) is 17.2 Å². The van der Waals surface area contributed by atoms with Crippen LogP contribution in [0.1, 0.15) is 15.9 Å². The van der Waals surface area contributed by atoms with E-state index in [1.165, 1.54) is 12.1 Å². The van der Waals surface area contributed by atoms with E-state index in [-0.39, 0.29) is 11.6 Å². The molecule has 182 valence electrons. The average molecular weight is 486 g/mol. The summed E-state index contributed by atoms with van der Waals surface area (Å²) < 4.78 is 1.08. The molecule has 1 aromatic heterocycles. The molecule has 1 fully saturated rings. The van der Waals surface area contributed by atoms with E-state index in [4.69, 9.17) is 0 Å². The third-order valence-corrected chi connectivity index (χ3v) is 6.43. The van der Waals surface area contributed by atoms with Crippen molar-refractivity contribution in [3.8, 4) is 5.69 Å². The van der Waals surface area contributed by atoms with E-state index in [0.29, 0.717) is 48.3 Å². The molecular weight excluding hydrogens is 462 g/mol. The standard InChI is InChI=1S/C26H23N5O5/c1-17-2-5-20(6-3-17)30-25(33)22-11-4-18(16-23(22)27-26(30)34)24(32)29-14-12-28(13-15-29)19-7-9-21(10-8-19)31(35)36/h2-11,16H,12-15H2,1H3,(H,27,34). The molecule has 0 spiro atoms. The number of aromatic amines is 1. The molecule has 10 nitrogen and oxygen atoms in total. The second-order valence-electron chi connectivity index (χ2n) is 8.72. The van der Waals surface area contributed by atoms with Crippen LogP contribution < -0.4 is 16.1 Å². The Kier molecular flexibility index (Phi) is 5.85. The van der Waals surface area contributed by atoms with Crippen LogP contribution in [-0.2, 0) is 0 Å². The van der Waals surface area contributed by atoms with Gasteiger partial charge in [-0.1, -0.05) is 17.7 Å². The summed E-state index contributed by atoms with van der Waals surface area (Å²) in [5.74, 6) is -0.191. The van der Waals surface area contributed by atoms with Gasteiger partial charge in [0, 0.05) is 49.6 Å². The van der Waals surface area contributed by atoms with Gasteiger partial charge in [0.2, 0.25) is 0 Å². The van der Waals surface area contributed by atoms with Gasteiger partial charge >= 0.3 is 5.69 Å². The van der Waals surface area contributed by atoms with Crippen LogP contribution in [0.4, 0.5) is 11.4 Å². The van der Waals surface area contributed by atoms with Gasteiger partial charge in [-0.15, -0.1) is 0 Å². The number of nitrogens with one attached hydrogen (secondary N) is 1. The van der Waals surface area contributed by atoms with Crippen molar-refractivity contribution in [2.45, 2.75) is 6.92 Å². The number of hydrogen-bond acceptors (Lipinski definition) is 6. The second kappa shape index (κ2) is 9.14. The van der Waals surface area contributed by atoms with Crippen LogP contribution in [-0.4, -0.2) is 51.5 Å². The van der Waals surface area contributed by atoms with E-state index in [0.717, 1.165) is 15.8 Å². The highest BCUT2D eigenvalue weighted by atomic mass is 16.6. The van der Waals surface area contributed by atoms with Crippen molar-refractivity contribution in [3.63, 3.8) is 0 Å². The van der Waals surface area contributed by atoms with Gasteiger partial charge in [-0.05, 0) is 49.4 Å². The molecule has 4 aromatic rings. The summed E-state index contributed by atoms with van der Waals surface area (Å²) in [5, 5.41) is 11.2. The zero-order valence-corrected chi connectivity index (χ0v) is 19.5. The maximum absolute atomic E-state index is 13.2. The number of nitro groups is 1. The number of nitro benzene ring substituents is 1. The fourth-order valence-corrected chi connectivity index (χ4v) is 4.41. The Morgan fingerprint density at radius 2 is 1.53 bits per heavy atom. The van der Waals surface area contributed by atoms with Crippen molar-refractivity contribution in [1.29, 1.82) is 0 Å². The summed E-state index contributed by atoms with van der Waals surface area (Å²) in [7, 11) is 0. The number of aromatic nitrogens is 2. The molecule has 1 saturated heterocycles. The van der Waals surface area contributed by atoms with Crippen molar-refractivity contribution in [2.24, 2.45) is 0 Å². The number of benzene rings is 3. The number of nitrogens with zero attached hydrogens (tertiary/aromatic N) is 4. The number of anilines is 1. The van der Waals surface area contributed by atoms with Crippen LogP contribution in [0.15, 0.2) is 76.3 Å². The number of rotatable bonds is 4. The first-order valence-corrected chi connectivity index (χ1v) is 11.5. The van der Waals surface area contributed by atoms with Gasteiger partial charge in [0.1, 0.15) is 0 Å². The molecular formula is C26H23N5O5. The summed E-state index contributed by atoms with van der Waals surface area (Å²) in [5.41, 5.74) is 2.05. The molecule has 10 heteroatoms. The molecule has 0 saturated carbocycles. The van der Waals surface area contributed by atoms with Crippen LogP contribution >= 0.6 is 0 Å². The Balaban J connectivity index is 1.35. The van der Waals surface area contributed by atoms with E-state index in [1.807, 2.05) is 19.1 Å². The molecule has 0 aliphatic carbocycles. The molecule has 0 radical (unpaired) electrons. The third kappa shape index (κ3) is 4.24. The maximum atomic E-state index is 13.2. The normalized spacial score (nSPS) is 13.7. The highest BCUT2D eigenvalue weighted by Crippen LogP contribution is 2.21. The first kappa shape index (κ1) is 23.0. The molecule has 36 heavy (non-hydrogen) atoms. The number of hydrogen-bond donors (Lipinski definition) is 1. The Labute approximate surface area is 205 Å². The largest absolute Gasteiger partial charge is 0.368 e. The monoisotopic (exact) mass is 485 g/mol. The van der Waals surface area contributed by atoms with E-state index < -0.39 is 16.2 Å². The second-order valence-corrected chi connectivity index (χ2v) is 8.72. The van der Waals surface area contributed by atoms with Gasteiger partial charge in [-0.25, -0.2) is 9.36 Å². The number of amides is 1.